The number of carbonyl (C=O) groups excluding carboxylic acids is 1. The molecule has 0 aromatic heterocycles. The third kappa shape index (κ3) is 3.50. The molecule has 1 amide bonds. The molecule has 0 bridgehead atoms. The van der Waals surface area contributed by atoms with E-state index < -0.39 is 0 Å². The van der Waals surface area contributed by atoms with Crippen LogP contribution in [0.2, 0.25) is 0 Å². The monoisotopic (exact) mass is 196 g/mol. The van der Waals surface area contributed by atoms with Crippen LogP contribution in [0.25, 0.3) is 0 Å². The normalized spacial score (nSPS) is 17.9. The van der Waals surface area contributed by atoms with Gasteiger partial charge < -0.3 is 5.32 Å². The number of amides is 1. The lowest BCUT2D eigenvalue weighted by molar-refractivity contribution is -0.122. The molecule has 1 rings (SSSR count). The number of carbonyl (C=O) groups is 1. The predicted octanol–water partition coefficient (Wildman–Crippen LogP) is 1.02. The summed E-state index contributed by atoms with van der Waals surface area (Å²) >= 11 is 0. The maximum absolute atomic E-state index is 11.4. The fraction of sp³-hybridized carbons (Fsp3) is 0.727. The Kier molecular flexibility index (Phi) is 4.14. The van der Waals surface area contributed by atoms with E-state index >= 15 is 0 Å². The molecule has 80 valence electrons. The summed E-state index contributed by atoms with van der Waals surface area (Å²) in [5, 5.41) is 2.78. The molecule has 1 N–H and O–H groups in total. The van der Waals surface area contributed by atoms with Gasteiger partial charge in [0, 0.05) is 12.6 Å². The van der Waals surface area contributed by atoms with Gasteiger partial charge in [0.2, 0.25) is 5.91 Å². The molecule has 1 aliphatic rings. The third-order valence-corrected chi connectivity index (χ3v) is 2.84. The summed E-state index contributed by atoms with van der Waals surface area (Å²) in [6.07, 6.45) is 4.34. The molecule has 0 aliphatic heterocycles. The minimum atomic E-state index is 0.0832. The number of rotatable bonds is 6. The predicted molar refractivity (Wildman–Crippen MR) is 58.0 cm³/mol. The van der Waals surface area contributed by atoms with Crippen molar-refractivity contribution >= 4 is 5.91 Å². The second-order valence-electron chi connectivity index (χ2n) is 4.09. The molecular weight excluding hydrogens is 176 g/mol. The van der Waals surface area contributed by atoms with Crippen molar-refractivity contribution in [2.75, 3.05) is 20.1 Å². The number of hydrogen-bond donors (Lipinski definition) is 1. The van der Waals surface area contributed by atoms with Gasteiger partial charge in [-0.1, -0.05) is 6.08 Å². The van der Waals surface area contributed by atoms with Gasteiger partial charge in [0.25, 0.3) is 0 Å². The first-order chi connectivity index (χ1) is 6.65. The summed E-state index contributed by atoms with van der Waals surface area (Å²) in [4.78, 5) is 13.5. The lowest BCUT2D eigenvalue weighted by atomic mass is 10.2. The number of nitrogens with one attached hydrogen (secondary N) is 1. The first-order valence-corrected chi connectivity index (χ1v) is 5.23. The molecule has 0 saturated heterocycles. The van der Waals surface area contributed by atoms with E-state index in [0.717, 1.165) is 5.92 Å². The van der Waals surface area contributed by atoms with Gasteiger partial charge in [-0.15, -0.1) is 6.58 Å². The van der Waals surface area contributed by atoms with Crippen LogP contribution in [-0.2, 0) is 4.79 Å². The molecule has 0 aromatic carbocycles. The van der Waals surface area contributed by atoms with E-state index in [4.69, 9.17) is 0 Å². The number of hydrogen-bond acceptors (Lipinski definition) is 2. The second-order valence-corrected chi connectivity index (χ2v) is 4.09. The van der Waals surface area contributed by atoms with Gasteiger partial charge in [-0.3, -0.25) is 9.69 Å². The first kappa shape index (κ1) is 11.2. The minimum Gasteiger partial charge on any atom is -0.352 e. The summed E-state index contributed by atoms with van der Waals surface area (Å²) in [5.41, 5.74) is 0. The van der Waals surface area contributed by atoms with Crippen molar-refractivity contribution in [3.05, 3.63) is 12.7 Å². The van der Waals surface area contributed by atoms with E-state index in [9.17, 15) is 4.79 Å². The van der Waals surface area contributed by atoms with Crippen LogP contribution in [0.5, 0.6) is 0 Å². The highest BCUT2D eigenvalue weighted by atomic mass is 16.2. The van der Waals surface area contributed by atoms with E-state index in [0.29, 0.717) is 19.1 Å². The van der Waals surface area contributed by atoms with E-state index in [2.05, 4.69) is 23.7 Å². The molecule has 0 aromatic rings. The summed E-state index contributed by atoms with van der Waals surface area (Å²) in [5.74, 6) is 0.895. The molecule has 0 spiro atoms. The standard InChI is InChI=1S/C11H20N2O/c1-4-7-12-11(14)8-13(3)9(2)10-5-6-10/h4,9-10H,1,5-8H2,2-3H3,(H,12,14). The van der Waals surface area contributed by atoms with Crippen LogP contribution in [0.1, 0.15) is 19.8 Å². The Morgan fingerprint density at radius 1 is 1.71 bits per heavy atom. The van der Waals surface area contributed by atoms with E-state index in [1.165, 1.54) is 12.8 Å². The summed E-state index contributed by atoms with van der Waals surface area (Å²) < 4.78 is 0. The molecule has 1 saturated carbocycles. The first-order valence-electron chi connectivity index (χ1n) is 5.23. The van der Waals surface area contributed by atoms with Crippen LogP contribution in [0.4, 0.5) is 0 Å². The van der Waals surface area contributed by atoms with Crippen molar-refractivity contribution in [1.82, 2.24) is 10.2 Å². The smallest absolute Gasteiger partial charge is 0.234 e. The Labute approximate surface area is 86.2 Å². The van der Waals surface area contributed by atoms with Crippen LogP contribution in [-0.4, -0.2) is 37.0 Å². The molecule has 14 heavy (non-hydrogen) atoms. The Balaban J connectivity index is 2.20. The lowest BCUT2D eigenvalue weighted by Gasteiger charge is -2.23. The Hall–Kier alpha value is -0.830. The van der Waals surface area contributed by atoms with Crippen LogP contribution in [0, 0.1) is 5.92 Å². The van der Waals surface area contributed by atoms with Gasteiger partial charge in [-0.05, 0) is 32.7 Å². The maximum atomic E-state index is 11.4. The average Bonchev–Trinajstić information content (AvgIpc) is 2.96. The Morgan fingerprint density at radius 2 is 2.36 bits per heavy atom. The molecule has 3 nitrogen and oxygen atoms in total. The highest BCUT2D eigenvalue weighted by Crippen LogP contribution is 2.34. The van der Waals surface area contributed by atoms with Gasteiger partial charge in [-0.2, -0.15) is 0 Å². The zero-order valence-electron chi connectivity index (χ0n) is 9.12. The molecular formula is C11H20N2O. The number of likely N-dealkylation sites (N-methyl/N-ethyl adjacent to an activating group) is 1. The summed E-state index contributed by atoms with van der Waals surface area (Å²) in [7, 11) is 2.01. The van der Waals surface area contributed by atoms with Crippen LogP contribution in [0.15, 0.2) is 12.7 Å². The minimum absolute atomic E-state index is 0.0832. The molecule has 0 heterocycles. The topological polar surface area (TPSA) is 32.3 Å². The fourth-order valence-electron chi connectivity index (χ4n) is 1.55. The van der Waals surface area contributed by atoms with Crippen molar-refractivity contribution < 1.29 is 4.79 Å². The molecule has 1 fully saturated rings. The lowest BCUT2D eigenvalue weighted by Crippen LogP contribution is -2.40. The molecule has 3 heteroatoms. The van der Waals surface area contributed by atoms with Crippen molar-refractivity contribution in [3.8, 4) is 0 Å². The van der Waals surface area contributed by atoms with Gasteiger partial charge in [0.1, 0.15) is 0 Å². The summed E-state index contributed by atoms with van der Waals surface area (Å²) in [6, 6.07) is 0.532. The van der Waals surface area contributed by atoms with E-state index in [1.807, 2.05) is 7.05 Å². The Bertz CT molecular complexity index is 211. The van der Waals surface area contributed by atoms with Gasteiger partial charge in [-0.25, -0.2) is 0 Å². The Morgan fingerprint density at radius 3 is 2.86 bits per heavy atom. The fourth-order valence-corrected chi connectivity index (χ4v) is 1.55. The van der Waals surface area contributed by atoms with E-state index in [-0.39, 0.29) is 5.91 Å². The molecule has 1 atom stereocenters. The van der Waals surface area contributed by atoms with Gasteiger partial charge >= 0.3 is 0 Å². The molecule has 0 radical (unpaired) electrons. The second kappa shape index (κ2) is 5.15. The molecule has 1 unspecified atom stereocenters. The van der Waals surface area contributed by atoms with Crippen molar-refractivity contribution in [2.45, 2.75) is 25.8 Å². The van der Waals surface area contributed by atoms with E-state index in [1.54, 1.807) is 6.08 Å². The maximum Gasteiger partial charge on any atom is 0.234 e. The highest BCUT2D eigenvalue weighted by molar-refractivity contribution is 5.78. The van der Waals surface area contributed by atoms with Crippen LogP contribution >= 0.6 is 0 Å². The summed E-state index contributed by atoms with van der Waals surface area (Å²) in [6.45, 7) is 6.80. The van der Waals surface area contributed by atoms with Gasteiger partial charge in [0.15, 0.2) is 0 Å². The third-order valence-electron chi connectivity index (χ3n) is 2.84. The SMILES string of the molecule is C=CCNC(=O)CN(C)C(C)C1CC1. The van der Waals surface area contributed by atoms with Crippen molar-refractivity contribution in [3.63, 3.8) is 0 Å². The largest absolute Gasteiger partial charge is 0.352 e. The highest BCUT2D eigenvalue weighted by Gasteiger charge is 2.30. The van der Waals surface area contributed by atoms with Gasteiger partial charge in [0.05, 0.1) is 6.54 Å². The van der Waals surface area contributed by atoms with Crippen molar-refractivity contribution in [2.24, 2.45) is 5.92 Å². The van der Waals surface area contributed by atoms with Crippen molar-refractivity contribution in [1.29, 1.82) is 0 Å². The average molecular weight is 196 g/mol. The zero-order valence-corrected chi connectivity index (χ0v) is 9.12. The quantitative estimate of drug-likeness (QED) is 0.643. The zero-order chi connectivity index (χ0) is 10.6. The van der Waals surface area contributed by atoms with Crippen LogP contribution in [0.3, 0.4) is 0 Å². The number of nitrogens with zero attached hydrogens (tertiary/aromatic N) is 1. The van der Waals surface area contributed by atoms with Crippen LogP contribution < -0.4 is 5.32 Å². The molecule has 1 aliphatic carbocycles.